The second-order valence-electron chi connectivity index (χ2n) is 7.30. The van der Waals surface area contributed by atoms with E-state index in [0.717, 1.165) is 24.4 Å². The van der Waals surface area contributed by atoms with Gasteiger partial charge in [-0.2, -0.15) is 0 Å². The highest BCUT2D eigenvalue weighted by molar-refractivity contribution is 7.15. The number of anilines is 1. The first-order chi connectivity index (χ1) is 10.0. The second kappa shape index (κ2) is 6.25. The molecule has 1 saturated heterocycles. The van der Waals surface area contributed by atoms with Gasteiger partial charge in [0.25, 0.3) is 0 Å². The lowest BCUT2D eigenvalue weighted by atomic mass is 9.89. The van der Waals surface area contributed by atoms with Gasteiger partial charge in [0.1, 0.15) is 0 Å². The van der Waals surface area contributed by atoms with Crippen LogP contribution in [0.2, 0.25) is 0 Å². The van der Waals surface area contributed by atoms with Gasteiger partial charge in [-0.15, -0.1) is 11.3 Å². The molecule has 1 aromatic rings. The number of nitrogens with one attached hydrogen (secondary N) is 1. The molecule has 0 bridgehead atoms. The van der Waals surface area contributed by atoms with Crippen molar-refractivity contribution in [3.8, 4) is 0 Å². The van der Waals surface area contributed by atoms with E-state index in [9.17, 15) is 0 Å². The van der Waals surface area contributed by atoms with Gasteiger partial charge in [0.05, 0.1) is 5.69 Å². The van der Waals surface area contributed by atoms with Gasteiger partial charge in [-0.25, -0.2) is 4.98 Å². The molecule has 2 unspecified atom stereocenters. The summed E-state index contributed by atoms with van der Waals surface area (Å²) >= 11 is 1.92. The lowest BCUT2D eigenvalue weighted by Gasteiger charge is -2.35. The van der Waals surface area contributed by atoms with Crippen molar-refractivity contribution in [1.29, 1.82) is 0 Å². The summed E-state index contributed by atoms with van der Waals surface area (Å²) in [7, 11) is 0. The van der Waals surface area contributed by atoms with Crippen molar-refractivity contribution in [2.24, 2.45) is 11.8 Å². The maximum absolute atomic E-state index is 5.00. The zero-order valence-electron chi connectivity index (χ0n) is 13.9. The van der Waals surface area contributed by atoms with Gasteiger partial charge >= 0.3 is 0 Å². The SMILES string of the molecule is CC(C)c1nc(N2CCC(C)C(C)C2)sc1CNC1CC1. The number of nitrogens with zero attached hydrogens (tertiary/aromatic N) is 2. The highest BCUT2D eigenvalue weighted by Crippen LogP contribution is 2.34. The Balaban J connectivity index is 1.73. The summed E-state index contributed by atoms with van der Waals surface area (Å²) in [5.41, 5.74) is 1.31. The summed E-state index contributed by atoms with van der Waals surface area (Å²) < 4.78 is 0. The molecule has 3 nitrogen and oxygen atoms in total. The molecule has 118 valence electrons. The molecule has 0 aromatic carbocycles. The molecule has 0 radical (unpaired) electrons. The highest BCUT2D eigenvalue weighted by Gasteiger charge is 2.27. The maximum Gasteiger partial charge on any atom is 0.185 e. The monoisotopic (exact) mass is 307 g/mol. The topological polar surface area (TPSA) is 28.2 Å². The van der Waals surface area contributed by atoms with Crippen molar-refractivity contribution >= 4 is 16.5 Å². The Morgan fingerprint density at radius 1 is 1.24 bits per heavy atom. The highest BCUT2D eigenvalue weighted by atomic mass is 32.1. The molecule has 2 heterocycles. The minimum Gasteiger partial charge on any atom is -0.348 e. The summed E-state index contributed by atoms with van der Waals surface area (Å²) in [6.07, 6.45) is 4.00. The average Bonchev–Trinajstić information content (AvgIpc) is 3.17. The molecule has 1 N–H and O–H groups in total. The first-order valence-electron chi connectivity index (χ1n) is 8.52. The van der Waals surface area contributed by atoms with Gasteiger partial charge in [0, 0.05) is 30.6 Å². The molecule has 2 aliphatic rings. The van der Waals surface area contributed by atoms with Gasteiger partial charge in [-0.3, -0.25) is 0 Å². The zero-order chi connectivity index (χ0) is 15.0. The molecule has 21 heavy (non-hydrogen) atoms. The summed E-state index contributed by atoms with van der Waals surface area (Å²) in [6.45, 7) is 12.6. The van der Waals surface area contributed by atoms with Gasteiger partial charge in [0.2, 0.25) is 0 Å². The summed E-state index contributed by atoms with van der Waals surface area (Å²) in [4.78, 5) is 8.97. The van der Waals surface area contributed by atoms with Crippen LogP contribution in [-0.2, 0) is 6.54 Å². The van der Waals surface area contributed by atoms with Crippen LogP contribution in [0.1, 0.15) is 63.4 Å². The minimum absolute atomic E-state index is 0.521. The van der Waals surface area contributed by atoms with E-state index >= 15 is 0 Å². The fraction of sp³-hybridized carbons (Fsp3) is 0.824. The number of hydrogen-bond acceptors (Lipinski definition) is 4. The zero-order valence-corrected chi connectivity index (χ0v) is 14.7. The third-order valence-corrected chi connectivity index (χ3v) is 6.13. The van der Waals surface area contributed by atoms with Gasteiger partial charge in [-0.1, -0.05) is 27.7 Å². The van der Waals surface area contributed by atoms with Crippen molar-refractivity contribution in [2.45, 2.75) is 65.5 Å². The standard InChI is InChI=1S/C17H29N3S/c1-11(2)16-15(9-18-14-5-6-14)21-17(19-16)20-8-7-12(3)13(4)10-20/h11-14,18H,5-10H2,1-4H3. The van der Waals surface area contributed by atoms with E-state index in [2.05, 4.69) is 37.9 Å². The number of piperidine rings is 1. The van der Waals surface area contributed by atoms with Crippen molar-refractivity contribution < 1.29 is 0 Å². The third-order valence-electron chi connectivity index (χ3n) is 5.00. The predicted octanol–water partition coefficient (Wildman–Crippen LogP) is 4.00. The van der Waals surface area contributed by atoms with Crippen LogP contribution in [-0.4, -0.2) is 24.1 Å². The number of hydrogen-bond donors (Lipinski definition) is 1. The van der Waals surface area contributed by atoms with Gasteiger partial charge in [-0.05, 0) is 37.0 Å². The number of aromatic nitrogens is 1. The quantitative estimate of drug-likeness (QED) is 0.891. The molecule has 2 atom stereocenters. The van der Waals surface area contributed by atoms with Crippen LogP contribution in [0.4, 0.5) is 5.13 Å². The molecular formula is C17H29N3S. The third kappa shape index (κ3) is 3.59. The second-order valence-corrected chi connectivity index (χ2v) is 8.37. The molecule has 4 heteroatoms. The largest absolute Gasteiger partial charge is 0.348 e. The fourth-order valence-corrected chi connectivity index (χ4v) is 4.23. The lowest BCUT2D eigenvalue weighted by molar-refractivity contribution is 0.323. The first kappa shape index (κ1) is 15.3. The summed E-state index contributed by atoms with van der Waals surface area (Å²) in [5.74, 6) is 2.15. The Hall–Kier alpha value is -0.610. The molecular weight excluding hydrogens is 278 g/mol. The maximum atomic E-state index is 5.00. The van der Waals surface area contributed by atoms with Crippen LogP contribution in [0.25, 0.3) is 0 Å². The Morgan fingerprint density at radius 3 is 2.62 bits per heavy atom. The molecule has 1 aliphatic heterocycles. The Bertz CT molecular complexity index is 478. The number of rotatable bonds is 5. The van der Waals surface area contributed by atoms with Crippen LogP contribution in [0.3, 0.4) is 0 Å². The smallest absolute Gasteiger partial charge is 0.185 e. The molecule has 1 saturated carbocycles. The predicted molar refractivity (Wildman–Crippen MR) is 91.2 cm³/mol. The molecule has 0 amide bonds. The van der Waals surface area contributed by atoms with E-state index in [4.69, 9.17) is 4.98 Å². The van der Waals surface area contributed by atoms with E-state index in [-0.39, 0.29) is 0 Å². The van der Waals surface area contributed by atoms with Crippen molar-refractivity contribution in [3.63, 3.8) is 0 Å². The molecule has 0 spiro atoms. The van der Waals surface area contributed by atoms with Crippen molar-refractivity contribution in [2.75, 3.05) is 18.0 Å². The Labute approximate surface area is 133 Å². The molecule has 3 rings (SSSR count). The van der Waals surface area contributed by atoms with E-state index in [1.807, 2.05) is 11.3 Å². The first-order valence-corrected chi connectivity index (χ1v) is 9.34. The van der Waals surface area contributed by atoms with Crippen LogP contribution in [0, 0.1) is 11.8 Å². The Kier molecular flexibility index (Phi) is 4.55. The molecule has 1 aromatic heterocycles. The molecule has 1 aliphatic carbocycles. The average molecular weight is 308 g/mol. The van der Waals surface area contributed by atoms with Crippen LogP contribution in [0.5, 0.6) is 0 Å². The summed E-state index contributed by atoms with van der Waals surface area (Å²) in [6, 6.07) is 0.770. The van der Waals surface area contributed by atoms with E-state index in [0.29, 0.717) is 5.92 Å². The summed E-state index contributed by atoms with van der Waals surface area (Å²) in [5, 5.41) is 4.91. The van der Waals surface area contributed by atoms with E-state index < -0.39 is 0 Å². The van der Waals surface area contributed by atoms with E-state index in [1.54, 1.807) is 0 Å². The normalized spacial score (nSPS) is 26.6. The van der Waals surface area contributed by atoms with Crippen molar-refractivity contribution in [1.82, 2.24) is 10.3 Å². The molecule has 2 fully saturated rings. The minimum atomic E-state index is 0.521. The lowest BCUT2D eigenvalue weighted by Crippen LogP contribution is -2.38. The fourth-order valence-electron chi connectivity index (χ4n) is 3.02. The van der Waals surface area contributed by atoms with Crippen LogP contribution in [0.15, 0.2) is 0 Å². The van der Waals surface area contributed by atoms with E-state index in [1.165, 1.54) is 48.1 Å². The van der Waals surface area contributed by atoms with Gasteiger partial charge in [0.15, 0.2) is 5.13 Å². The van der Waals surface area contributed by atoms with Gasteiger partial charge < -0.3 is 10.2 Å². The number of thiazole rings is 1. The van der Waals surface area contributed by atoms with Crippen LogP contribution < -0.4 is 10.2 Å². The van der Waals surface area contributed by atoms with Crippen LogP contribution >= 0.6 is 11.3 Å². The Morgan fingerprint density at radius 2 is 2.00 bits per heavy atom. The van der Waals surface area contributed by atoms with Crippen molar-refractivity contribution in [3.05, 3.63) is 10.6 Å².